The maximum absolute atomic E-state index is 2.41. The molecule has 11 aromatic rings. The van der Waals surface area contributed by atoms with Gasteiger partial charge in [-0.1, -0.05) is 188 Å². The second kappa shape index (κ2) is 15.1. The highest BCUT2D eigenvalue weighted by atomic mass is 15.1. The van der Waals surface area contributed by atoms with E-state index in [4.69, 9.17) is 0 Å². The molecular formula is C58H40N2. The molecule has 0 saturated carbocycles. The number of anilines is 3. The molecule has 0 radical (unpaired) electrons. The monoisotopic (exact) mass is 764 g/mol. The highest BCUT2D eigenvalue weighted by Gasteiger charge is 2.20. The first kappa shape index (κ1) is 35.2. The summed E-state index contributed by atoms with van der Waals surface area (Å²) in [5.41, 5.74) is 16.3. The van der Waals surface area contributed by atoms with Crippen molar-refractivity contribution in [2.75, 3.05) is 4.90 Å². The molecular weight excluding hydrogens is 725 g/mol. The van der Waals surface area contributed by atoms with Crippen molar-refractivity contribution in [3.8, 4) is 50.2 Å². The summed E-state index contributed by atoms with van der Waals surface area (Å²) in [5, 5.41) is 4.92. The molecule has 0 fully saturated rings. The minimum atomic E-state index is 1.09. The molecule has 10 aromatic carbocycles. The van der Waals surface area contributed by atoms with Crippen LogP contribution in [0.3, 0.4) is 0 Å². The third kappa shape index (κ3) is 6.32. The van der Waals surface area contributed by atoms with Crippen molar-refractivity contribution in [1.29, 1.82) is 0 Å². The van der Waals surface area contributed by atoms with E-state index in [-0.39, 0.29) is 0 Å². The number of nitrogens with zero attached hydrogens (tertiary/aromatic N) is 2. The largest absolute Gasteiger partial charge is 0.310 e. The van der Waals surface area contributed by atoms with Crippen molar-refractivity contribution in [3.63, 3.8) is 0 Å². The van der Waals surface area contributed by atoms with Crippen LogP contribution in [0.25, 0.3) is 82.8 Å². The standard InChI is InChI=1S/C58H40N2/c1-3-15-41(16-4-1)43-29-31-46(32-30-43)55-40-50(37-38-51(55)47-21-13-22-49(39-47)60-57-26-11-9-24-53(57)54-25-10-12-27-58(54)60)59(56-28-14-20-45-19-7-8-23-52(45)56)48-35-33-44(34-36-48)42-17-5-2-6-18-42/h1-40H. The molecule has 0 aliphatic heterocycles. The second-order valence-electron chi connectivity index (χ2n) is 15.3. The maximum atomic E-state index is 2.41. The van der Waals surface area contributed by atoms with Crippen LogP contribution in [0.4, 0.5) is 17.1 Å². The number of hydrogen-bond acceptors (Lipinski definition) is 1. The van der Waals surface area contributed by atoms with Gasteiger partial charge in [-0.05, 0) is 104 Å². The molecule has 282 valence electrons. The Bertz CT molecular complexity index is 3230. The Labute approximate surface area is 350 Å². The fraction of sp³-hybridized carbons (Fsp3) is 0. The van der Waals surface area contributed by atoms with E-state index in [0.29, 0.717) is 0 Å². The second-order valence-corrected chi connectivity index (χ2v) is 15.3. The SMILES string of the molecule is c1ccc(-c2ccc(-c3cc(N(c4ccc(-c5ccccc5)cc4)c4cccc5ccccc45)ccc3-c3cccc(-n4c5ccccc5c5ccccc54)c3)cc2)cc1. The number of benzene rings is 10. The van der Waals surface area contributed by atoms with Gasteiger partial charge in [-0.3, -0.25) is 0 Å². The number of aromatic nitrogens is 1. The molecule has 0 unspecified atom stereocenters. The minimum Gasteiger partial charge on any atom is -0.310 e. The van der Waals surface area contributed by atoms with Gasteiger partial charge in [0.2, 0.25) is 0 Å². The lowest BCUT2D eigenvalue weighted by atomic mass is 9.92. The van der Waals surface area contributed by atoms with E-state index in [0.717, 1.165) is 39.4 Å². The van der Waals surface area contributed by atoms with Gasteiger partial charge >= 0.3 is 0 Å². The van der Waals surface area contributed by atoms with E-state index in [9.17, 15) is 0 Å². The first-order chi connectivity index (χ1) is 29.8. The fourth-order valence-electron chi connectivity index (χ4n) is 8.91. The molecule has 1 heterocycles. The van der Waals surface area contributed by atoms with Crippen molar-refractivity contribution in [2.24, 2.45) is 0 Å². The van der Waals surface area contributed by atoms with Crippen LogP contribution in [0.5, 0.6) is 0 Å². The molecule has 60 heavy (non-hydrogen) atoms. The van der Waals surface area contributed by atoms with Crippen LogP contribution < -0.4 is 4.90 Å². The lowest BCUT2D eigenvalue weighted by Crippen LogP contribution is -2.11. The lowest BCUT2D eigenvalue weighted by molar-refractivity contribution is 1.18. The molecule has 0 aliphatic carbocycles. The average molecular weight is 765 g/mol. The fourth-order valence-corrected chi connectivity index (χ4v) is 8.91. The van der Waals surface area contributed by atoms with E-state index in [1.807, 2.05) is 0 Å². The zero-order chi connectivity index (χ0) is 39.8. The highest BCUT2D eigenvalue weighted by Crippen LogP contribution is 2.44. The van der Waals surface area contributed by atoms with Crippen molar-refractivity contribution < 1.29 is 0 Å². The summed E-state index contributed by atoms with van der Waals surface area (Å²) in [5.74, 6) is 0. The van der Waals surface area contributed by atoms with E-state index >= 15 is 0 Å². The molecule has 0 saturated heterocycles. The summed E-state index contributed by atoms with van der Waals surface area (Å²) in [6, 6.07) is 88.0. The minimum absolute atomic E-state index is 1.09. The van der Waals surface area contributed by atoms with Gasteiger partial charge in [-0.15, -0.1) is 0 Å². The van der Waals surface area contributed by atoms with Crippen LogP contribution in [0.15, 0.2) is 243 Å². The third-order valence-corrected chi connectivity index (χ3v) is 11.8. The molecule has 2 nitrogen and oxygen atoms in total. The summed E-state index contributed by atoms with van der Waals surface area (Å²) in [6.45, 7) is 0. The number of fused-ring (bicyclic) bond motifs is 4. The van der Waals surface area contributed by atoms with Crippen LogP contribution >= 0.6 is 0 Å². The van der Waals surface area contributed by atoms with Crippen LogP contribution in [0.1, 0.15) is 0 Å². The Morgan fingerprint density at radius 1 is 0.283 bits per heavy atom. The van der Waals surface area contributed by atoms with Gasteiger partial charge in [-0.2, -0.15) is 0 Å². The van der Waals surface area contributed by atoms with E-state index in [1.165, 1.54) is 60.4 Å². The Balaban J connectivity index is 1.11. The quantitative estimate of drug-likeness (QED) is 0.150. The summed E-state index contributed by atoms with van der Waals surface area (Å²) in [4.78, 5) is 2.41. The summed E-state index contributed by atoms with van der Waals surface area (Å²) < 4.78 is 2.40. The van der Waals surface area contributed by atoms with Crippen molar-refractivity contribution in [1.82, 2.24) is 4.57 Å². The molecule has 0 spiro atoms. The van der Waals surface area contributed by atoms with E-state index in [2.05, 4.69) is 252 Å². The van der Waals surface area contributed by atoms with Gasteiger partial charge in [-0.25, -0.2) is 0 Å². The third-order valence-electron chi connectivity index (χ3n) is 11.8. The van der Waals surface area contributed by atoms with Gasteiger partial charge in [0.15, 0.2) is 0 Å². The van der Waals surface area contributed by atoms with Crippen LogP contribution in [-0.4, -0.2) is 4.57 Å². The lowest BCUT2D eigenvalue weighted by Gasteiger charge is -2.28. The summed E-state index contributed by atoms with van der Waals surface area (Å²) in [6.07, 6.45) is 0. The van der Waals surface area contributed by atoms with Crippen LogP contribution in [0.2, 0.25) is 0 Å². The highest BCUT2D eigenvalue weighted by molar-refractivity contribution is 6.09. The van der Waals surface area contributed by atoms with E-state index < -0.39 is 0 Å². The molecule has 1 aromatic heterocycles. The van der Waals surface area contributed by atoms with Crippen molar-refractivity contribution in [2.45, 2.75) is 0 Å². The van der Waals surface area contributed by atoms with E-state index in [1.54, 1.807) is 0 Å². The van der Waals surface area contributed by atoms with Gasteiger partial charge < -0.3 is 9.47 Å². The predicted molar refractivity (Wildman–Crippen MR) is 255 cm³/mol. The van der Waals surface area contributed by atoms with Crippen LogP contribution in [-0.2, 0) is 0 Å². The Morgan fingerprint density at radius 2 is 0.767 bits per heavy atom. The maximum Gasteiger partial charge on any atom is 0.0541 e. The Morgan fingerprint density at radius 3 is 1.43 bits per heavy atom. The summed E-state index contributed by atoms with van der Waals surface area (Å²) in [7, 11) is 0. The molecule has 0 atom stereocenters. The molecule has 0 N–H and O–H groups in total. The Hall–Kier alpha value is -7.94. The first-order valence-electron chi connectivity index (χ1n) is 20.6. The number of para-hydroxylation sites is 2. The van der Waals surface area contributed by atoms with Gasteiger partial charge in [0.05, 0.1) is 16.7 Å². The normalized spacial score (nSPS) is 11.3. The van der Waals surface area contributed by atoms with Gasteiger partial charge in [0.1, 0.15) is 0 Å². The Kier molecular flexibility index (Phi) is 8.87. The zero-order valence-corrected chi connectivity index (χ0v) is 33.0. The van der Waals surface area contributed by atoms with Crippen molar-refractivity contribution >= 4 is 49.6 Å². The smallest absolute Gasteiger partial charge is 0.0541 e. The molecule has 0 aliphatic rings. The van der Waals surface area contributed by atoms with Gasteiger partial charge in [0.25, 0.3) is 0 Å². The predicted octanol–water partition coefficient (Wildman–Crippen LogP) is 16.1. The topological polar surface area (TPSA) is 8.17 Å². The molecule has 11 rings (SSSR count). The first-order valence-corrected chi connectivity index (χ1v) is 20.6. The molecule has 0 bridgehead atoms. The zero-order valence-electron chi connectivity index (χ0n) is 33.0. The number of hydrogen-bond donors (Lipinski definition) is 0. The summed E-state index contributed by atoms with van der Waals surface area (Å²) >= 11 is 0. The van der Waals surface area contributed by atoms with Crippen LogP contribution in [0, 0.1) is 0 Å². The van der Waals surface area contributed by atoms with Crippen molar-refractivity contribution in [3.05, 3.63) is 243 Å². The average Bonchev–Trinajstić information content (AvgIpc) is 3.67. The van der Waals surface area contributed by atoms with Gasteiger partial charge in [0, 0.05) is 33.2 Å². The molecule has 0 amide bonds. The number of rotatable bonds is 8. The molecule has 2 heteroatoms.